The lowest BCUT2D eigenvalue weighted by molar-refractivity contribution is 0.288. The van der Waals surface area contributed by atoms with Crippen LogP contribution in [0, 0.1) is 5.41 Å². The van der Waals surface area contributed by atoms with E-state index in [-0.39, 0.29) is 0 Å². The third-order valence-electron chi connectivity index (χ3n) is 2.98. The molecular formula is C13H21Br. The molecule has 0 radical (unpaired) electrons. The molecule has 0 fully saturated rings. The largest absolute Gasteiger partial charge is 0.0727 e. The maximum atomic E-state index is 3.65. The molecule has 0 spiro atoms. The second-order valence-electron chi connectivity index (χ2n) is 4.89. The van der Waals surface area contributed by atoms with Crippen LogP contribution in [0.4, 0.5) is 0 Å². The molecule has 0 N–H and O–H groups in total. The first-order chi connectivity index (χ1) is 6.56. The summed E-state index contributed by atoms with van der Waals surface area (Å²) in [6.45, 7) is 6.93. The van der Waals surface area contributed by atoms with Crippen molar-refractivity contribution >= 4 is 15.9 Å². The second kappa shape index (κ2) is 5.16. The van der Waals surface area contributed by atoms with Crippen LogP contribution in [0.1, 0.15) is 52.9 Å². The molecule has 0 heterocycles. The van der Waals surface area contributed by atoms with E-state index in [1.807, 2.05) is 0 Å². The molecule has 0 bridgehead atoms. The van der Waals surface area contributed by atoms with E-state index >= 15 is 0 Å². The lowest BCUT2D eigenvalue weighted by atomic mass is 9.77. The van der Waals surface area contributed by atoms with Gasteiger partial charge in [-0.3, -0.25) is 0 Å². The molecular weight excluding hydrogens is 236 g/mol. The highest BCUT2D eigenvalue weighted by molar-refractivity contribution is 9.11. The van der Waals surface area contributed by atoms with Gasteiger partial charge in [0.1, 0.15) is 0 Å². The number of halogens is 1. The lowest BCUT2D eigenvalue weighted by Gasteiger charge is -2.29. The summed E-state index contributed by atoms with van der Waals surface area (Å²) in [5.41, 5.74) is 1.99. The van der Waals surface area contributed by atoms with Crippen molar-refractivity contribution in [1.82, 2.24) is 0 Å². The summed E-state index contributed by atoms with van der Waals surface area (Å²) in [6.07, 6.45) is 10.9. The maximum absolute atomic E-state index is 3.65. The van der Waals surface area contributed by atoms with E-state index in [2.05, 4.69) is 48.9 Å². The Morgan fingerprint density at radius 2 is 2.07 bits per heavy atom. The van der Waals surface area contributed by atoms with Gasteiger partial charge >= 0.3 is 0 Å². The minimum Gasteiger partial charge on any atom is -0.0727 e. The summed E-state index contributed by atoms with van der Waals surface area (Å²) in [7, 11) is 0. The van der Waals surface area contributed by atoms with Crippen molar-refractivity contribution in [3.8, 4) is 0 Å². The first kappa shape index (κ1) is 12.0. The zero-order valence-electron chi connectivity index (χ0n) is 9.57. The van der Waals surface area contributed by atoms with Crippen LogP contribution in [0.15, 0.2) is 22.2 Å². The molecule has 0 aliphatic heterocycles. The summed E-state index contributed by atoms with van der Waals surface area (Å²) >= 11 is 3.65. The molecule has 1 atom stereocenters. The van der Waals surface area contributed by atoms with Gasteiger partial charge in [-0.2, -0.15) is 0 Å². The van der Waals surface area contributed by atoms with E-state index in [1.54, 1.807) is 0 Å². The molecule has 0 saturated heterocycles. The summed E-state index contributed by atoms with van der Waals surface area (Å²) in [5.74, 6) is 0. The fourth-order valence-electron chi connectivity index (χ4n) is 2.27. The van der Waals surface area contributed by atoms with Crippen LogP contribution in [-0.4, -0.2) is 0 Å². The average molecular weight is 257 g/mol. The monoisotopic (exact) mass is 256 g/mol. The van der Waals surface area contributed by atoms with Crippen molar-refractivity contribution in [3.05, 3.63) is 22.2 Å². The molecule has 1 aliphatic carbocycles. The van der Waals surface area contributed by atoms with Gasteiger partial charge in [-0.25, -0.2) is 0 Å². The van der Waals surface area contributed by atoms with Crippen LogP contribution >= 0.6 is 15.9 Å². The predicted octanol–water partition coefficient (Wildman–Crippen LogP) is 5.20. The van der Waals surface area contributed by atoms with Crippen molar-refractivity contribution in [1.29, 1.82) is 0 Å². The number of allylic oxidation sites excluding steroid dienone is 4. The molecule has 0 amide bonds. The minimum absolute atomic E-state index is 0.475. The fraction of sp³-hybridized carbons (Fsp3) is 0.692. The summed E-state index contributed by atoms with van der Waals surface area (Å²) < 4.78 is 1.35. The van der Waals surface area contributed by atoms with Gasteiger partial charge in [-0.05, 0) is 36.1 Å². The van der Waals surface area contributed by atoms with Crippen LogP contribution in [-0.2, 0) is 0 Å². The zero-order chi connectivity index (χ0) is 10.6. The molecule has 1 heteroatoms. The van der Waals surface area contributed by atoms with E-state index in [1.165, 1.54) is 42.2 Å². The first-order valence-electron chi connectivity index (χ1n) is 5.57. The van der Waals surface area contributed by atoms with Crippen molar-refractivity contribution in [2.45, 2.75) is 52.9 Å². The third-order valence-corrected chi connectivity index (χ3v) is 3.53. The molecule has 0 nitrogen and oxygen atoms in total. The molecule has 1 unspecified atom stereocenters. The van der Waals surface area contributed by atoms with E-state index in [0.29, 0.717) is 5.41 Å². The van der Waals surface area contributed by atoms with Gasteiger partial charge in [0.2, 0.25) is 0 Å². The van der Waals surface area contributed by atoms with Crippen molar-refractivity contribution in [3.63, 3.8) is 0 Å². The first-order valence-corrected chi connectivity index (χ1v) is 6.37. The second-order valence-corrected chi connectivity index (χ2v) is 5.91. The Balaban J connectivity index is 2.69. The normalized spacial score (nSPS) is 28.0. The van der Waals surface area contributed by atoms with Crippen molar-refractivity contribution in [2.75, 3.05) is 0 Å². The SMILES string of the molecule is CCCCC1(C)CC(C)=CC=C(Br)C1. The Bertz CT molecular complexity index is 228. The molecule has 0 aromatic rings. The highest BCUT2D eigenvalue weighted by atomic mass is 79.9. The van der Waals surface area contributed by atoms with Gasteiger partial charge < -0.3 is 0 Å². The number of hydrogen-bond acceptors (Lipinski definition) is 0. The van der Waals surface area contributed by atoms with E-state index in [9.17, 15) is 0 Å². The minimum atomic E-state index is 0.475. The Morgan fingerprint density at radius 1 is 1.36 bits per heavy atom. The zero-order valence-corrected chi connectivity index (χ0v) is 11.2. The number of unbranched alkanes of at least 4 members (excludes halogenated alkanes) is 1. The van der Waals surface area contributed by atoms with Gasteiger partial charge in [0.15, 0.2) is 0 Å². The fourth-order valence-corrected chi connectivity index (χ4v) is 3.08. The molecule has 80 valence electrons. The lowest BCUT2D eigenvalue weighted by Crippen LogP contribution is -2.16. The van der Waals surface area contributed by atoms with Crippen LogP contribution in [0.25, 0.3) is 0 Å². The Kier molecular flexibility index (Phi) is 4.43. The predicted molar refractivity (Wildman–Crippen MR) is 67.6 cm³/mol. The van der Waals surface area contributed by atoms with Crippen molar-refractivity contribution in [2.24, 2.45) is 5.41 Å². The summed E-state index contributed by atoms with van der Waals surface area (Å²) in [4.78, 5) is 0. The van der Waals surface area contributed by atoms with Crippen LogP contribution in [0.2, 0.25) is 0 Å². The van der Waals surface area contributed by atoms with E-state index in [4.69, 9.17) is 0 Å². The highest BCUT2D eigenvalue weighted by Gasteiger charge is 2.25. The Labute approximate surface area is 96.6 Å². The molecule has 1 aliphatic rings. The van der Waals surface area contributed by atoms with Crippen LogP contribution in [0.3, 0.4) is 0 Å². The number of hydrogen-bond donors (Lipinski definition) is 0. The molecule has 14 heavy (non-hydrogen) atoms. The van der Waals surface area contributed by atoms with Crippen LogP contribution < -0.4 is 0 Å². The Morgan fingerprint density at radius 3 is 2.71 bits per heavy atom. The average Bonchev–Trinajstić information content (AvgIpc) is 2.23. The van der Waals surface area contributed by atoms with E-state index < -0.39 is 0 Å². The standard InChI is InChI=1S/C13H21Br/c1-4-5-8-13(3)9-11(2)6-7-12(14)10-13/h6-7H,4-5,8-10H2,1-3H3. The van der Waals surface area contributed by atoms with Gasteiger partial charge in [0, 0.05) is 0 Å². The molecule has 0 aromatic carbocycles. The quantitative estimate of drug-likeness (QED) is 0.651. The van der Waals surface area contributed by atoms with E-state index in [0.717, 1.165) is 0 Å². The number of rotatable bonds is 3. The highest BCUT2D eigenvalue weighted by Crippen LogP contribution is 2.41. The molecule has 0 saturated carbocycles. The van der Waals surface area contributed by atoms with Gasteiger partial charge in [-0.1, -0.05) is 60.3 Å². The molecule has 1 rings (SSSR count). The molecule has 0 aromatic heterocycles. The van der Waals surface area contributed by atoms with Crippen LogP contribution in [0.5, 0.6) is 0 Å². The topological polar surface area (TPSA) is 0 Å². The van der Waals surface area contributed by atoms with Gasteiger partial charge in [0.05, 0.1) is 0 Å². The maximum Gasteiger partial charge on any atom is -0.00439 e. The van der Waals surface area contributed by atoms with Gasteiger partial charge in [-0.15, -0.1) is 0 Å². The summed E-state index contributed by atoms with van der Waals surface area (Å²) in [5, 5.41) is 0. The Hall–Kier alpha value is -0.0400. The smallest absolute Gasteiger partial charge is 0.00439 e. The third kappa shape index (κ3) is 3.61. The van der Waals surface area contributed by atoms with Gasteiger partial charge in [0.25, 0.3) is 0 Å². The summed E-state index contributed by atoms with van der Waals surface area (Å²) in [6, 6.07) is 0. The van der Waals surface area contributed by atoms with Crippen molar-refractivity contribution < 1.29 is 0 Å².